The topological polar surface area (TPSA) is 40.6 Å². The van der Waals surface area contributed by atoms with Crippen molar-refractivity contribution >= 4 is 10.0 Å². The molecule has 1 aromatic carbocycles. The molecular weight excluding hydrogens is 327 g/mol. The van der Waals surface area contributed by atoms with Crippen LogP contribution in [0.1, 0.15) is 32.6 Å². The molecule has 2 fully saturated rings. The van der Waals surface area contributed by atoms with Crippen LogP contribution >= 0.6 is 0 Å². The zero-order valence-electron chi connectivity index (χ0n) is 14.3. The first-order chi connectivity index (χ1) is 11.4. The number of piperidine rings is 2. The van der Waals surface area contributed by atoms with E-state index in [-0.39, 0.29) is 4.90 Å². The Bertz CT molecular complexity index is 639. The molecule has 6 heteroatoms. The molecule has 0 bridgehead atoms. The number of hydrogen-bond acceptors (Lipinski definition) is 3. The molecule has 2 saturated heterocycles. The van der Waals surface area contributed by atoms with Gasteiger partial charge in [0.1, 0.15) is 5.82 Å². The number of rotatable bonds is 4. The molecule has 0 aromatic heterocycles. The Balaban J connectivity index is 1.55. The second-order valence-electron chi connectivity index (χ2n) is 7.31. The molecule has 1 atom stereocenters. The molecule has 2 aliphatic rings. The molecule has 2 aliphatic heterocycles. The van der Waals surface area contributed by atoms with Gasteiger partial charge in [0.05, 0.1) is 4.90 Å². The summed E-state index contributed by atoms with van der Waals surface area (Å²) in [6.07, 6.45) is 4.42. The second-order valence-corrected chi connectivity index (χ2v) is 9.25. The van der Waals surface area contributed by atoms with Crippen LogP contribution in [-0.4, -0.2) is 50.3 Å². The maximum Gasteiger partial charge on any atom is 0.243 e. The number of likely N-dealkylation sites (tertiary alicyclic amines) is 1. The predicted octanol–water partition coefficient (Wildman–Crippen LogP) is 2.96. The third kappa shape index (κ3) is 4.16. The minimum atomic E-state index is -3.49. The van der Waals surface area contributed by atoms with Gasteiger partial charge in [-0.2, -0.15) is 4.31 Å². The first-order valence-electron chi connectivity index (χ1n) is 8.93. The molecule has 2 heterocycles. The van der Waals surface area contributed by atoms with Gasteiger partial charge in [0.15, 0.2) is 0 Å². The third-order valence-electron chi connectivity index (χ3n) is 5.28. The van der Waals surface area contributed by atoms with Crippen LogP contribution in [-0.2, 0) is 10.0 Å². The maximum atomic E-state index is 13.0. The summed E-state index contributed by atoms with van der Waals surface area (Å²) in [7, 11) is -3.49. The van der Waals surface area contributed by atoms with Gasteiger partial charge in [0.2, 0.25) is 10.0 Å². The first kappa shape index (κ1) is 17.8. The van der Waals surface area contributed by atoms with Gasteiger partial charge in [-0.15, -0.1) is 0 Å². The molecule has 0 radical (unpaired) electrons. The molecule has 4 nitrogen and oxygen atoms in total. The highest BCUT2D eigenvalue weighted by Crippen LogP contribution is 2.26. The van der Waals surface area contributed by atoms with Crippen LogP contribution in [0.5, 0.6) is 0 Å². The van der Waals surface area contributed by atoms with Crippen LogP contribution < -0.4 is 0 Å². The quantitative estimate of drug-likeness (QED) is 0.835. The summed E-state index contributed by atoms with van der Waals surface area (Å²) in [4.78, 5) is 2.73. The standard InChI is InChI=1S/C18H27FN2O2S/c1-15-3-2-10-20(13-15)14-16-8-11-21(12-9-16)24(22,23)18-6-4-17(19)5-7-18/h4-7,15-16H,2-3,8-14H2,1H3/t15-/m1/s1. The number of sulfonamides is 1. The molecule has 1 aromatic rings. The lowest BCUT2D eigenvalue weighted by Gasteiger charge is -2.37. The summed E-state index contributed by atoms with van der Waals surface area (Å²) in [6, 6.07) is 5.12. The van der Waals surface area contributed by atoms with Crippen LogP contribution in [0.2, 0.25) is 0 Å². The minimum Gasteiger partial charge on any atom is -0.303 e. The average Bonchev–Trinajstić information content (AvgIpc) is 2.56. The molecule has 0 spiro atoms. The highest BCUT2D eigenvalue weighted by molar-refractivity contribution is 7.89. The third-order valence-corrected chi connectivity index (χ3v) is 7.20. The Kier molecular flexibility index (Phi) is 5.57. The molecule has 0 unspecified atom stereocenters. The molecular formula is C18H27FN2O2S. The Morgan fingerprint density at radius 3 is 2.38 bits per heavy atom. The first-order valence-corrected chi connectivity index (χ1v) is 10.4. The summed E-state index contributed by atoms with van der Waals surface area (Å²) < 4.78 is 39.8. The predicted molar refractivity (Wildman–Crippen MR) is 92.7 cm³/mol. The number of hydrogen-bond donors (Lipinski definition) is 0. The van der Waals surface area contributed by atoms with Gasteiger partial charge in [-0.05, 0) is 68.3 Å². The Labute approximate surface area is 144 Å². The van der Waals surface area contributed by atoms with E-state index in [1.54, 1.807) is 4.31 Å². The van der Waals surface area contributed by atoms with E-state index in [2.05, 4.69) is 11.8 Å². The maximum absolute atomic E-state index is 13.0. The van der Waals surface area contributed by atoms with E-state index in [1.807, 2.05) is 0 Å². The zero-order chi connectivity index (χ0) is 17.2. The minimum absolute atomic E-state index is 0.187. The lowest BCUT2D eigenvalue weighted by atomic mass is 9.94. The SMILES string of the molecule is C[C@@H]1CCCN(CC2CCN(S(=O)(=O)c3ccc(F)cc3)CC2)C1. The fourth-order valence-corrected chi connectivity index (χ4v) is 5.38. The van der Waals surface area contributed by atoms with Crippen molar-refractivity contribution in [2.24, 2.45) is 11.8 Å². The van der Waals surface area contributed by atoms with Crippen LogP contribution in [0.3, 0.4) is 0 Å². The number of benzene rings is 1. The molecule has 0 N–H and O–H groups in total. The van der Waals surface area contributed by atoms with E-state index in [9.17, 15) is 12.8 Å². The van der Waals surface area contributed by atoms with E-state index in [1.165, 1.54) is 50.2 Å². The van der Waals surface area contributed by atoms with Gasteiger partial charge < -0.3 is 4.90 Å². The van der Waals surface area contributed by atoms with Gasteiger partial charge in [0, 0.05) is 26.2 Å². The lowest BCUT2D eigenvalue weighted by molar-refractivity contribution is 0.136. The molecule has 0 saturated carbocycles. The highest BCUT2D eigenvalue weighted by atomic mass is 32.2. The molecule has 24 heavy (non-hydrogen) atoms. The fraction of sp³-hybridized carbons (Fsp3) is 0.667. The van der Waals surface area contributed by atoms with Gasteiger partial charge >= 0.3 is 0 Å². The lowest BCUT2D eigenvalue weighted by Crippen LogP contribution is -2.43. The van der Waals surface area contributed by atoms with Crippen molar-refractivity contribution in [3.8, 4) is 0 Å². The largest absolute Gasteiger partial charge is 0.303 e. The normalized spacial score (nSPS) is 25.0. The molecule has 0 amide bonds. The van der Waals surface area contributed by atoms with Gasteiger partial charge in [-0.3, -0.25) is 0 Å². The van der Waals surface area contributed by atoms with Crippen molar-refractivity contribution < 1.29 is 12.8 Å². The summed E-state index contributed by atoms with van der Waals surface area (Å²) in [6.45, 7) is 6.88. The summed E-state index contributed by atoms with van der Waals surface area (Å²) in [5.41, 5.74) is 0. The summed E-state index contributed by atoms with van der Waals surface area (Å²) >= 11 is 0. The van der Waals surface area contributed by atoms with Gasteiger partial charge in [-0.1, -0.05) is 6.92 Å². The number of halogens is 1. The average molecular weight is 354 g/mol. The number of nitrogens with zero attached hydrogens (tertiary/aromatic N) is 2. The van der Waals surface area contributed by atoms with E-state index in [0.29, 0.717) is 19.0 Å². The molecule has 134 valence electrons. The van der Waals surface area contributed by atoms with Gasteiger partial charge in [0.25, 0.3) is 0 Å². The van der Waals surface area contributed by atoms with Crippen LogP contribution in [0, 0.1) is 17.7 Å². The van der Waals surface area contributed by atoms with Crippen molar-refractivity contribution in [2.45, 2.75) is 37.5 Å². The van der Waals surface area contributed by atoms with E-state index >= 15 is 0 Å². The molecule has 3 rings (SSSR count). The van der Waals surface area contributed by atoms with Crippen LogP contribution in [0.15, 0.2) is 29.2 Å². The van der Waals surface area contributed by atoms with Gasteiger partial charge in [-0.25, -0.2) is 12.8 Å². The van der Waals surface area contributed by atoms with Crippen LogP contribution in [0.25, 0.3) is 0 Å². The monoisotopic (exact) mass is 354 g/mol. The Morgan fingerprint density at radius 1 is 1.08 bits per heavy atom. The Hall–Kier alpha value is -0.980. The van der Waals surface area contributed by atoms with E-state index < -0.39 is 15.8 Å². The fourth-order valence-electron chi connectivity index (χ4n) is 3.91. The van der Waals surface area contributed by atoms with Crippen molar-refractivity contribution in [3.63, 3.8) is 0 Å². The van der Waals surface area contributed by atoms with E-state index in [0.717, 1.165) is 25.3 Å². The second kappa shape index (κ2) is 7.50. The van der Waals surface area contributed by atoms with Crippen LogP contribution in [0.4, 0.5) is 4.39 Å². The van der Waals surface area contributed by atoms with Crippen molar-refractivity contribution in [2.75, 3.05) is 32.7 Å². The zero-order valence-corrected chi connectivity index (χ0v) is 15.1. The molecule has 0 aliphatic carbocycles. The van der Waals surface area contributed by atoms with Crippen molar-refractivity contribution in [1.29, 1.82) is 0 Å². The highest BCUT2D eigenvalue weighted by Gasteiger charge is 2.30. The van der Waals surface area contributed by atoms with Crippen molar-refractivity contribution in [1.82, 2.24) is 9.21 Å². The Morgan fingerprint density at radius 2 is 1.75 bits per heavy atom. The smallest absolute Gasteiger partial charge is 0.243 e. The van der Waals surface area contributed by atoms with Crippen molar-refractivity contribution in [3.05, 3.63) is 30.1 Å². The van der Waals surface area contributed by atoms with E-state index in [4.69, 9.17) is 0 Å². The summed E-state index contributed by atoms with van der Waals surface area (Å²) in [5, 5.41) is 0. The summed E-state index contributed by atoms with van der Waals surface area (Å²) in [5.74, 6) is 0.941.